The largest absolute Gasteiger partial charge is 0.489 e. The lowest BCUT2D eigenvalue weighted by Gasteiger charge is -2.17. The second-order valence-corrected chi connectivity index (χ2v) is 5.13. The van der Waals surface area contributed by atoms with Crippen molar-refractivity contribution in [2.75, 3.05) is 19.7 Å². The number of rotatable bonds is 6. The summed E-state index contributed by atoms with van der Waals surface area (Å²) in [6.07, 6.45) is 2.69. The van der Waals surface area contributed by atoms with Gasteiger partial charge in [-0.05, 0) is 50.5 Å². The minimum absolute atomic E-state index is 0.0475. The molecule has 0 radical (unpaired) electrons. The fourth-order valence-corrected chi connectivity index (χ4v) is 2.22. The van der Waals surface area contributed by atoms with Crippen LogP contribution in [0.15, 0.2) is 18.2 Å². The molecule has 1 fully saturated rings. The zero-order valence-electron chi connectivity index (χ0n) is 11.6. The van der Waals surface area contributed by atoms with Crippen LogP contribution in [0.4, 0.5) is 4.39 Å². The standard InChI is InChI=1S/C15H22FNO2/c1-11-8-13(5-6-15(11)16)19-12(2)9-17-10-14-4-3-7-18-14/h5-6,8,12,14,17H,3-4,7,9-10H2,1-2H3. The molecule has 2 unspecified atom stereocenters. The SMILES string of the molecule is Cc1cc(OC(C)CNCC2CCCO2)ccc1F. The molecule has 0 bridgehead atoms. The van der Waals surface area contributed by atoms with E-state index in [-0.39, 0.29) is 11.9 Å². The van der Waals surface area contributed by atoms with Crippen LogP contribution in [0.25, 0.3) is 0 Å². The Kier molecular flexibility index (Phi) is 5.16. The molecule has 0 amide bonds. The van der Waals surface area contributed by atoms with Gasteiger partial charge in [-0.25, -0.2) is 4.39 Å². The molecule has 2 rings (SSSR count). The van der Waals surface area contributed by atoms with Gasteiger partial charge in [-0.2, -0.15) is 0 Å². The first kappa shape index (κ1) is 14.3. The Hall–Kier alpha value is -1.13. The third-order valence-corrected chi connectivity index (χ3v) is 3.29. The molecule has 1 aromatic carbocycles. The average Bonchev–Trinajstić information content (AvgIpc) is 2.87. The zero-order valence-corrected chi connectivity index (χ0v) is 11.6. The molecule has 4 heteroatoms. The molecular formula is C15H22FNO2. The number of nitrogens with one attached hydrogen (secondary N) is 1. The number of hydrogen-bond donors (Lipinski definition) is 1. The average molecular weight is 267 g/mol. The quantitative estimate of drug-likeness (QED) is 0.859. The van der Waals surface area contributed by atoms with Crippen LogP contribution in [0.3, 0.4) is 0 Å². The van der Waals surface area contributed by atoms with Gasteiger partial charge in [-0.1, -0.05) is 0 Å². The molecule has 1 aliphatic heterocycles. The molecule has 0 aliphatic carbocycles. The van der Waals surface area contributed by atoms with Gasteiger partial charge in [-0.15, -0.1) is 0 Å². The van der Waals surface area contributed by atoms with E-state index >= 15 is 0 Å². The predicted molar refractivity (Wildman–Crippen MR) is 73.1 cm³/mol. The molecule has 1 heterocycles. The van der Waals surface area contributed by atoms with Crippen LogP contribution in [-0.2, 0) is 4.74 Å². The van der Waals surface area contributed by atoms with E-state index in [1.165, 1.54) is 6.07 Å². The lowest BCUT2D eigenvalue weighted by atomic mass is 10.2. The van der Waals surface area contributed by atoms with Crippen LogP contribution in [0, 0.1) is 12.7 Å². The summed E-state index contributed by atoms with van der Waals surface area (Å²) in [6.45, 7) is 6.25. The summed E-state index contributed by atoms with van der Waals surface area (Å²) >= 11 is 0. The number of aryl methyl sites for hydroxylation is 1. The first-order chi connectivity index (χ1) is 9.15. The van der Waals surface area contributed by atoms with E-state index < -0.39 is 0 Å². The lowest BCUT2D eigenvalue weighted by Crippen LogP contribution is -2.34. The van der Waals surface area contributed by atoms with Crippen molar-refractivity contribution in [2.45, 2.75) is 38.9 Å². The van der Waals surface area contributed by atoms with Crippen LogP contribution in [-0.4, -0.2) is 31.9 Å². The van der Waals surface area contributed by atoms with Gasteiger partial charge in [0.15, 0.2) is 0 Å². The second-order valence-electron chi connectivity index (χ2n) is 5.13. The molecular weight excluding hydrogens is 245 g/mol. The van der Waals surface area contributed by atoms with Gasteiger partial charge in [0.05, 0.1) is 6.10 Å². The van der Waals surface area contributed by atoms with Gasteiger partial charge in [0.25, 0.3) is 0 Å². The third kappa shape index (κ3) is 4.48. The topological polar surface area (TPSA) is 30.5 Å². The van der Waals surface area contributed by atoms with Crippen LogP contribution in [0.2, 0.25) is 0 Å². The number of hydrogen-bond acceptors (Lipinski definition) is 3. The van der Waals surface area contributed by atoms with Gasteiger partial charge in [-0.3, -0.25) is 0 Å². The van der Waals surface area contributed by atoms with E-state index in [4.69, 9.17) is 9.47 Å². The minimum Gasteiger partial charge on any atom is -0.489 e. The van der Waals surface area contributed by atoms with Crippen molar-refractivity contribution in [3.63, 3.8) is 0 Å². The molecule has 0 spiro atoms. The van der Waals surface area contributed by atoms with Crippen molar-refractivity contribution in [1.82, 2.24) is 5.32 Å². The van der Waals surface area contributed by atoms with Gasteiger partial charge in [0.1, 0.15) is 17.7 Å². The van der Waals surface area contributed by atoms with E-state index in [9.17, 15) is 4.39 Å². The summed E-state index contributed by atoms with van der Waals surface area (Å²) in [6, 6.07) is 4.84. The molecule has 2 atom stereocenters. The summed E-state index contributed by atoms with van der Waals surface area (Å²) in [5.41, 5.74) is 0.608. The zero-order chi connectivity index (χ0) is 13.7. The summed E-state index contributed by atoms with van der Waals surface area (Å²) in [4.78, 5) is 0. The lowest BCUT2D eigenvalue weighted by molar-refractivity contribution is 0.106. The van der Waals surface area contributed by atoms with Crippen molar-refractivity contribution < 1.29 is 13.9 Å². The molecule has 1 saturated heterocycles. The molecule has 1 aliphatic rings. The van der Waals surface area contributed by atoms with Gasteiger partial charge < -0.3 is 14.8 Å². The maximum Gasteiger partial charge on any atom is 0.126 e. The fraction of sp³-hybridized carbons (Fsp3) is 0.600. The maximum absolute atomic E-state index is 13.1. The van der Waals surface area contributed by atoms with Gasteiger partial charge in [0, 0.05) is 19.7 Å². The van der Waals surface area contributed by atoms with Crippen molar-refractivity contribution in [2.24, 2.45) is 0 Å². The maximum atomic E-state index is 13.1. The van der Waals surface area contributed by atoms with Crippen molar-refractivity contribution in [1.29, 1.82) is 0 Å². The van der Waals surface area contributed by atoms with Gasteiger partial charge in [0.2, 0.25) is 0 Å². The Morgan fingerprint density at radius 2 is 2.37 bits per heavy atom. The van der Waals surface area contributed by atoms with E-state index in [0.29, 0.717) is 17.4 Å². The normalized spacial score (nSPS) is 20.5. The van der Waals surface area contributed by atoms with E-state index in [1.54, 1.807) is 19.1 Å². The second kappa shape index (κ2) is 6.87. The molecule has 0 aromatic heterocycles. The highest BCUT2D eigenvalue weighted by atomic mass is 19.1. The van der Waals surface area contributed by atoms with E-state index in [1.807, 2.05) is 6.92 Å². The third-order valence-electron chi connectivity index (χ3n) is 3.29. The molecule has 3 nitrogen and oxygen atoms in total. The number of benzene rings is 1. The Balaban J connectivity index is 1.70. The Morgan fingerprint density at radius 1 is 1.53 bits per heavy atom. The predicted octanol–water partition coefficient (Wildman–Crippen LogP) is 2.67. The number of halogens is 1. The number of ether oxygens (including phenoxy) is 2. The highest BCUT2D eigenvalue weighted by molar-refractivity contribution is 5.28. The Morgan fingerprint density at radius 3 is 3.05 bits per heavy atom. The summed E-state index contributed by atoms with van der Waals surface area (Å²) < 4.78 is 24.4. The van der Waals surface area contributed by atoms with Crippen LogP contribution < -0.4 is 10.1 Å². The smallest absolute Gasteiger partial charge is 0.126 e. The highest BCUT2D eigenvalue weighted by Crippen LogP contribution is 2.17. The minimum atomic E-state index is -0.198. The van der Waals surface area contributed by atoms with Crippen molar-refractivity contribution >= 4 is 0 Å². The summed E-state index contributed by atoms with van der Waals surface area (Å²) in [5.74, 6) is 0.516. The first-order valence-corrected chi connectivity index (χ1v) is 6.90. The van der Waals surface area contributed by atoms with E-state index in [0.717, 1.165) is 32.5 Å². The van der Waals surface area contributed by atoms with E-state index in [2.05, 4.69) is 5.32 Å². The van der Waals surface area contributed by atoms with Crippen LogP contribution in [0.1, 0.15) is 25.3 Å². The fourth-order valence-electron chi connectivity index (χ4n) is 2.22. The van der Waals surface area contributed by atoms with Crippen LogP contribution in [0.5, 0.6) is 5.75 Å². The molecule has 106 valence electrons. The van der Waals surface area contributed by atoms with Crippen molar-refractivity contribution in [3.05, 3.63) is 29.6 Å². The van der Waals surface area contributed by atoms with Crippen LogP contribution >= 0.6 is 0 Å². The molecule has 1 aromatic rings. The Labute approximate surface area is 114 Å². The molecule has 1 N–H and O–H groups in total. The van der Waals surface area contributed by atoms with Gasteiger partial charge >= 0.3 is 0 Å². The highest BCUT2D eigenvalue weighted by Gasteiger charge is 2.15. The monoisotopic (exact) mass is 267 g/mol. The molecule has 0 saturated carbocycles. The molecule has 19 heavy (non-hydrogen) atoms. The Bertz CT molecular complexity index is 405. The van der Waals surface area contributed by atoms with Crippen molar-refractivity contribution in [3.8, 4) is 5.75 Å². The summed E-state index contributed by atoms with van der Waals surface area (Å²) in [5, 5.41) is 3.35. The first-order valence-electron chi connectivity index (χ1n) is 6.90. The summed E-state index contributed by atoms with van der Waals surface area (Å²) in [7, 11) is 0.